The quantitative estimate of drug-likeness (QED) is 0.808. The molecule has 0 bridgehead atoms. The van der Waals surface area contributed by atoms with Gasteiger partial charge in [-0.25, -0.2) is 8.42 Å². The minimum Gasteiger partial charge on any atom is -0.341 e. The molecule has 0 radical (unpaired) electrons. The Morgan fingerprint density at radius 3 is 2.61 bits per heavy atom. The van der Waals surface area contributed by atoms with Crippen molar-refractivity contribution in [3.63, 3.8) is 0 Å². The number of nitrogens with zero attached hydrogens (tertiary/aromatic N) is 2. The molecule has 23 heavy (non-hydrogen) atoms. The molecule has 128 valence electrons. The van der Waals surface area contributed by atoms with E-state index in [4.69, 9.17) is 23.2 Å². The van der Waals surface area contributed by atoms with Gasteiger partial charge in [0.05, 0.1) is 22.0 Å². The highest BCUT2D eigenvalue weighted by Crippen LogP contribution is 2.28. The molecule has 1 amide bonds. The number of hydrogen-bond acceptors (Lipinski definition) is 3. The van der Waals surface area contributed by atoms with Crippen LogP contribution in [0.4, 0.5) is 5.69 Å². The van der Waals surface area contributed by atoms with Gasteiger partial charge in [-0.15, -0.1) is 0 Å². The van der Waals surface area contributed by atoms with Gasteiger partial charge in [-0.05, 0) is 37.0 Å². The van der Waals surface area contributed by atoms with Crippen LogP contribution in [0, 0.1) is 5.92 Å². The number of carbonyl (C=O) groups excluding carboxylic acids is 1. The van der Waals surface area contributed by atoms with Gasteiger partial charge in [0.25, 0.3) is 0 Å². The Morgan fingerprint density at radius 2 is 2.04 bits per heavy atom. The third-order valence-electron chi connectivity index (χ3n) is 3.88. The summed E-state index contributed by atoms with van der Waals surface area (Å²) in [7, 11) is -3.61. The second-order valence-corrected chi connectivity index (χ2v) is 8.68. The van der Waals surface area contributed by atoms with E-state index in [0.29, 0.717) is 29.7 Å². The van der Waals surface area contributed by atoms with E-state index in [2.05, 4.69) is 6.92 Å². The first-order valence-corrected chi connectivity index (χ1v) is 9.99. The monoisotopic (exact) mass is 378 g/mol. The van der Waals surface area contributed by atoms with Gasteiger partial charge >= 0.3 is 0 Å². The fraction of sp³-hybridized carbons (Fsp3) is 0.533. The number of likely N-dealkylation sites (tertiary alicyclic amines) is 1. The Balaban J connectivity index is 2.22. The molecule has 0 N–H and O–H groups in total. The van der Waals surface area contributed by atoms with Crippen molar-refractivity contribution in [2.24, 2.45) is 5.92 Å². The Kier molecular flexibility index (Phi) is 5.81. The zero-order valence-corrected chi connectivity index (χ0v) is 15.5. The molecule has 2 rings (SSSR count). The summed E-state index contributed by atoms with van der Waals surface area (Å²) in [5.41, 5.74) is 0.334. The topological polar surface area (TPSA) is 57.7 Å². The summed E-state index contributed by atoms with van der Waals surface area (Å²) in [6, 6.07) is 4.52. The largest absolute Gasteiger partial charge is 0.341 e. The highest BCUT2D eigenvalue weighted by molar-refractivity contribution is 7.92. The standard InChI is InChI=1S/C15H20Cl2N2O3S/c1-11-4-3-7-18(9-11)15(20)10-19(23(2,21)22)12-5-6-13(16)14(17)8-12/h5-6,8,11H,3-4,7,9-10H2,1-2H3. The van der Waals surface area contributed by atoms with E-state index in [9.17, 15) is 13.2 Å². The van der Waals surface area contributed by atoms with Crippen molar-refractivity contribution in [2.75, 3.05) is 30.2 Å². The van der Waals surface area contributed by atoms with E-state index in [1.165, 1.54) is 12.1 Å². The molecular weight excluding hydrogens is 359 g/mol. The first-order valence-electron chi connectivity index (χ1n) is 7.39. The minimum absolute atomic E-state index is 0.201. The maximum absolute atomic E-state index is 12.5. The first-order chi connectivity index (χ1) is 10.7. The average molecular weight is 379 g/mol. The second-order valence-electron chi connectivity index (χ2n) is 5.96. The van der Waals surface area contributed by atoms with Gasteiger partial charge in [-0.1, -0.05) is 30.1 Å². The lowest BCUT2D eigenvalue weighted by Gasteiger charge is -2.33. The van der Waals surface area contributed by atoms with Crippen LogP contribution in [-0.2, 0) is 14.8 Å². The smallest absolute Gasteiger partial charge is 0.243 e. The molecule has 0 aromatic heterocycles. The first kappa shape index (κ1) is 18.4. The van der Waals surface area contributed by atoms with E-state index in [1.54, 1.807) is 11.0 Å². The van der Waals surface area contributed by atoms with E-state index >= 15 is 0 Å². The zero-order valence-electron chi connectivity index (χ0n) is 13.1. The number of hydrogen-bond donors (Lipinski definition) is 0. The number of amides is 1. The highest BCUT2D eigenvalue weighted by atomic mass is 35.5. The van der Waals surface area contributed by atoms with Crippen LogP contribution in [0.1, 0.15) is 19.8 Å². The maximum atomic E-state index is 12.5. The number of benzene rings is 1. The molecule has 1 aromatic rings. The summed E-state index contributed by atoms with van der Waals surface area (Å²) in [5, 5.41) is 0.580. The average Bonchev–Trinajstić information content (AvgIpc) is 2.46. The van der Waals surface area contributed by atoms with Crippen molar-refractivity contribution in [1.29, 1.82) is 0 Å². The third-order valence-corrected chi connectivity index (χ3v) is 5.76. The predicted octanol–water partition coefficient (Wildman–Crippen LogP) is 3.02. The lowest BCUT2D eigenvalue weighted by molar-refractivity contribution is -0.131. The Labute approximate surface area is 147 Å². The Hall–Kier alpha value is -0.980. The molecule has 1 aromatic carbocycles. The number of carbonyl (C=O) groups is 1. The van der Waals surface area contributed by atoms with Gasteiger partial charge in [-0.3, -0.25) is 9.10 Å². The molecule has 1 aliphatic rings. The Morgan fingerprint density at radius 1 is 1.35 bits per heavy atom. The molecule has 8 heteroatoms. The van der Waals surface area contributed by atoms with Crippen molar-refractivity contribution in [2.45, 2.75) is 19.8 Å². The summed E-state index contributed by atoms with van der Waals surface area (Å²) in [5.74, 6) is 0.234. The van der Waals surface area contributed by atoms with E-state index < -0.39 is 10.0 Å². The summed E-state index contributed by atoms with van der Waals surface area (Å²) in [6.45, 7) is 3.19. The van der Waals surface area contributed by atoms with Crippen molar-refractivity contribution < 1.29 is 13.2 Å². The molecule has 0 saturated carbocycles. The number of anilines is 1. The van der Waals surface area contributed by atoms with Crippen LogP contribution < -0.4 is 4.31 Å². The molecule has 1 atom stereocenters. The Bertz CT molecular complexity index is 694. The number of halogens is 2. The van der Waals surface area contributed by atoms with Crippen LogP contribution in [0.2, 0.25) is 10.0 Å². The number of piperidine rings is 1. The molecule has 1 aliphatic heterocycles. The normalized spacial score (nSPS) is 18.8. The number of rotatable bonds is 4. The molecule has 1 saturated heterocycles. The lowest BCUT2D eigenvalue weighted by Crippen LogP contribution is -2.46. The van der Waals surface area contributed by atoms with Crippen LogP contribution in [-0.4, -0.2) is 45.1 Å². The van der Waals surface area contributed by atoms with Crippen LogP contribution >= 0.6 is 23.2 Å². The number of sulfonamides is 1. The summed E-state index contributed by atoms with van der Waals surface area (Å²) in [4.78, 5) is 14.2. The fourth-order valence-electron chi connectivity index (χ4n) is 2.68. The van der Waals surface area contributed by atoms with Crippen molar-refractivity contribution in [1.82, 2.24) is 4.90 Å². The fourth-order valence-corrected chi connectivity index (χ4v) is 3.81. The van der Waals surface area contributed by atoms with Crippen LogP contribution in [0.5, 0.6) is 0 Å². The molecule has 1 unspecified atom stereocenters. The van der Waals surface area contributed by atoms with E-state index in [1.807, 2.05) is 0 Å². The predicted molar refractivity (Wildman–Crippen MR) is 93.6 cm³/mol. The summed E-state index contributed by atoms with van der Waals surface area (Å²) in [6.07, 6.45) is 3.10. The van der Waals surface area contributed by atoms with Crippen LogP contribution in [0.3, 0.4) is 0 Å². The molecule has 0 aliphatic carbocycles. The molecule has 1 fully saturated rings. The van der Waals surface area contributed by atoms with Crippen molar-refractivity contribution in [3.05, 3.63) is 28.2 Å². The molecule has 5 nitrogen and oxygen atoms in total. The molecule has 1 heterocycles. The van der Waals surface area contributed by atoms with Gasteiger partial charge in [0.1, 0.15) is 6.54 Å². The zero-order chi connectivity index (χ0) is 17.2. The van der Waals surface area contributed by atoms with Crippen molar-refractivity contribution in [3.8, 4) is 0 Å². The summed E-state index contributed by atoms with van der Waals surface area (Å²) >= 11 is 11.8. The SMILES string of the molecule is CC1CCCN(C(=O)CN(c2ccc(Cl)c(Cl)c2)S(C)(=O)=O)C1. The second kappa shape index (κ2) is 7.28. The van der Waals surface area contributed by atoms with Crippen LogP contribution in [0.25, 0.3) is 0 Å². The van der Waals surface area contributed by atoms with Gasteiger partial charge < -0.3 is 4.90 Å². The van der Waals surface area contributed by atoms with Crippen LogP contribution in [0.15, 0.2) is 18.2 Å². The highest BCUT2D eigenvalue weighted by Gasteiger charge is 2.26. The van der Waals surface area contributed by atoms with Gasteiger partial charge in [-0.2, -0.15) is 0 Å². The van der Waals surface area contributed by atoms with E-state index in [0.717, 1.165) is 23.4 Å². The van der Waals surface area contributed by atoms with E-state index in [-0.39, 0.29) is 17.5 Å². The van der Waals surface area contributed by atoms with Gasteiger partial charge in [0.2, 0.25) is 15.9 Å². The lowest BCUT2D eigenvalue weighted by atomic mass is 10.0. The third kappa shape index (κ3) is 4.75. The molecular formula is C15H20Cl2N2O3S. The molecule has 0 spiro atoms. The summed E-state index contributed by atoms with van der Waals surface area (Å²) < 4.78 is 25.2. The minimum atomic E-state index is -3.61. The van der Waals surface area contributed by atoms with Gasteiger partial charge in [0.15, 0.2) is 0 Å². The maximum Gasteiger partial charge on any atom is 0.243 e. The van der Waals surface area contributed by atoms with Crippen molar-refractivity contribution >= 4 is 44.8 Å². The van der Waals surface area contributed by atoms with Gasteiger partial charge in [0, 0.05) is 13.1 Å².